The van der Waals surface area contributed by atoms with Gasteiger partial charge < -0.3 is 5.32 Å². The normalized spacial score (nSPS) is 11.3. The number of rotatable bonds is 8. The molecule has 0 unspecified atom stereocenters. The molecule has 0 atom stereocenters. The summed E-state index contributed by atoms with van der Waals surface area (Å²) in [5.74, 6) is -0.170. The number of hydrogen-bond acceptors (Lipinski definition) is 3. The van der Waals surface area contributed by atoms with Gasteiger partial charge >= 0.3 is 5.69 Å². The van der Waals surface area contributed by atoms with E-state index in [1.165, 1.54) is 10.1 Å². The molecular formula is C22H28N4O2. The van der Waals surface area contributed by atoms with Crippen LogP contribution < -0.4 is 11.0 Å². The van der Waals surface area contributed by atoms with Crippen molar-refractivity contribution in [3.63, 3.8) is 0 Å². The van der Waals surface area contributed by atoms with E-state index >= 15 is 0 Å². The van der Waals surface area contributed by atoms with Gasteiger partial charge in [-0.1, -0.05) is 50.2 Å². The van der Waals surface area contributed by atoms with E-state index in [1.54, 1.807) is 11.6 Å². The molecule has 0 aliphatic carbocycles. The summed E-state index contributed by atoms with van der Waals surface area (Å²) in [6.07, 6.45) is 0. The van der Waals surface area contributed by atoms with Gasteiger partial charge in [-0.15, -0.1) is 0 Å². The molecule has 6 heteroatoms. The molecule has 3 aromatic rings. The second-order valence-corrected chi connectivity index (χ2v) is 6.92. The van der Waals surface area contributed by atoms with Gasteiger partial charge in [-0.05, 0) is 36.3 Å². The lowest BCUT2D eigenvalue weighted by atomic mass is 10.1. The van der Waals surface area contributed by atoms with E-state index in [9.17, 15) is 9.59 Å². The lowest BCUT2D eigenvalue weighted by molar-refractivity contribution is -0.121. The Bertz CT molecular complexity index is 1010. The number of hydrogen-bond donors (Lipinski definition) is 1. The minimum atomic E-state index is -0.182. The topological polar surface area (TPSA) is 59.3 Å². The number of carbonyl (C=O) groups excluding carboxylic acids is 1. The second-order valence-electron chi connectivity index (χ2n) is 6.92. The van der Waals surface area contributed by atoms with E-state index in [4.69, 9.17) is 0 Å². The number of para-hydroxylation sites is 2. The smallest absolute Gasteiger partial charge is 0.329 e. The Kier molecular flexibility index (Phi) is 6.31. The quantitative estimate of drug-likeness (QED) is 0.653. The summed E-state index contributed by atoms with van der Waals surface area (Å²) < 4.78 is 3.09. The van der Waals surface area contributed by atoms with Crippen molar-refractivity contribution in [3.8, 4) is 0 Å². The summed E-state index contributed by atoms with van der Waals surface area (Å²) in [5, 5.41) is 2.97. The van der Waals surface area contributed by atoms with Crippen molar-refractivity contribution in [1.82, 2.24) is 19.4 Å². The minimum absolute atomic E-state index is 0.0123. The van der Waals surface area contributed by atoms with Crippen molar-refractivity contribution in [2.24, 2.45) is 7.05 Å². The van der Waals surface area contributed by atoms with Crippen LogP contribution in [0.1, 0.15) is 25.0 Å². The molecule has 0 radical (unpaired) electrons. The van der Waals surface area contributed by atoms with Crippen LogP contribution in [-0.4, -0.2) is 33.0 Å². The molecule has 6 nitrogen and oxygen atoms in total. The van der Waals surface area contributed by atoms with Crippen molar-refractivity contribution in [2.75, 3.05) is 13.1 Å². The summed E-state index contributed by atoms with van der Waals surface area (Å²) in [4.78, 5) is 27.4. The zero-order chi connectivity index (χ0) is 20.1. The average molecular weight is 380 g/mol. The number of carbonyl (C=O) groups is 1. The predicted molar refractivity (Wildman–Crippen MR) is 112 cm³/mol. The summed E-state index contributed by atoms with van der Waals surface area (Å²) in [6, 6.07) is 15.7. The monoisotopic (exact) mass is 380 g/mol. The van der Waals surface area contributed by atoms with Gasteiger partial charge in [-0.25, -0.2) is 4.79 Å². The van der Waals surface area contributed by atoms with Crippen LogP contribution in [0.25, 0.3) is 11.0 Å². The highest BCUT2D eigenvalue weighted by Gasteiger charge is 2.13. The molecule has 1 aromatic heterocycles. The molecule has 0 aliphatic heterocycles. The molecule has 1 amide bonds. The second kappa shape index (κ2) is 8.89. The Morgan fingerprint density at radius 1 is 0.964 bits per heavy atom. The summed E-state index contributed by atoms with van der Waals surface area (Å²) >= 11 is 0. The maximum atomic E-state index is 12.5. The number of benzene rings is 2. The number of nitrogens with one attached hydrogen (secondary N) is 1. The molecule has 0 bridgehead atoms. The van der Waals surface area contributed by atoms with E-state index in [2.05, 4.69) is 30.1 Å². The Balaban J connectivity index is 1.71. The lowest BCUT2D eigenvalue weighted by Crippen LogP contribution is -2.32. The highest BCUT2D eigenvalue weighted by molar-refractivity contribution is 5.80. The third kappa shape index (κ3) is 4.17. The first-order chi connectivity index (χ1) is 13.5. The Morgan fingerprint density at radius 2 is 1.57 bits per heavy atom. The molecule has 0 fully saturated rings. The van der Waals surface area contributed by atoms with Gasteiger partial charge in [0.1, 0.15) is 6.54 Å². The molecule has 28 heavy (non-hydrogen) atoms. The van der Waals surface area contributed by atoms with E-state index in [0.29, 0.717) is 6.54 Å². The molecule has 0 saturated carbocycles. The number of imidazole rings is 1. The number of aryl methyl sites for hydroxylation is 1. The van der Waals surface area contributed by atoms with Gasteiger partial charge in [0.05, 0.1) is 11.0 Å². The summed E-state index contributed by atoms with van der Waals surface area (Å²) in [5.41, 5.74) is 3.73. The maximum Gasteiger partial charge on any atom is 0.329 e. The summed E-state index contributed by atoms with van der Waals surface area (Å²) in [7, 11) is 1.72. The van der Waals surface area contributed by atoms with Gasteiger partial charge in [0.25, 0.3) is 0 Å². The summed E-state index contributed by atoms with van der Waals surface area (Å²) in [6.45, 7) is 7.60. The first kappa shape index (κ1) is 19.9. The van der Waals surface area contributed by atoms with Crippen LogP contribution in [0.15, 0.2) is 53.3 Å². The van der Waals surface area contributed by atoms with Crippen molar-refractivity contribution >= 4 is 16.9 Å². The molecule has 1 heterocycles. The number of fused-ring (bicyclic) bond motifs is 1. The lowest BCUT2D eigenvalue weighted by Gasteiger charge is -2.20. The third-order valence-electron chi connectivity index (χ3n) is 5.24. The van der Waals surface area contributed by atoms with Crippen LogP contribution in [0.4, 0.5) is 0 Å². The Morgan fingerprint density at radius 3 is 2.25 bits per heavy atom. The average Bonchev–Trinajstić information content (AvgIpc) is 2.96. The first-order valence-corrected chi connectivity index (χ1v) is 9.75. The highest BCUT2D eigenvalue weighted by atomic mass is 16.2. The van der Waals surface area contributed by atoms with Gasteiger partial charge in [-0.3, -0.25) is 18.8 Å². The minimum Gasteiger partial charge on any atom is -0.350 e. The fourth-order valence-corrected chi connectivity index (χ4v) is 3.48. The molecule has 0 spiro atoms. The standard InChI is InChI=1S/C22H28N4O2/c1-4-25(5-2)15-18-11-7-6-10-17(18)14-23-21(27)16-26-20-13-9-8-12-19(20)24(3)22(26)28/h6-13H,4-5,14-16H2,1-3H3,(H,23,27). The number of aromatic nitrogens is 2. The molecule has 3 rings (SSSR count). The van der Waals surface area contributed by atoms with Crippen LogP contribution in [0.3, 0.4) is 0 Å². The van der Waals surface area contributed by atoms with E-state index in [-0.39, 0.29) is 18.1 Å². The van der Waals surface area contributed by atoms with Gasteiger partial charge in [-0.2, -0.15) is 0 Å². The van der Waals surface area contributed by atoms with Gasteiger partial charge in [0.15, 0.2) is 0 Å². The van der Waals surface area contributed by atoms with Crippen molar-refractivity contribution in [3.05, 3.63) is 70.1 Å². The molecule has 0 saturated heterocycles. The van der Waals surface area contributed by atoms with Crippen LogP contribution in [0, 0.1) is 0 Å². The van der Waals surface area contributed by atoms with Crippen molar-refractivity contribution < 1.29 is 4.79 Å². The zero-order valence-corrected chi connectivity index (χ0v) is 16.8. The predicted octanol–water partition coefficient (Wildman–Crippen LogP) is 2.50. The number of amides is 1. The molecule has 2 aromatic carbocycles. The van der Waals surface area contributed by atoms with Gasteiger partial charge in [0, 0.05) is 20.1 Å². The highest BCUT2D eigenvalue weighted by Crippen LogP contribution is 2.13. The van der Waals surface area contributed by atoms with Crippen LogP contribution >= 0.6 is 0 Å². The Labute approximate surface area is 165 Å². The molecule has 148 valence electrons. The van der Waals surface area contributed by atoms with Crippen LogP contribution in [0.2, 0.25) is 0 Å². The molecule has 0 aliphatic rings. The van der Waals surface area contributed by atoms with Crippen LogP contribution in [-0.2, 0) is 31.5 Å². The van der Waals surface area contributed by atoms with E-state index in [0.717, 1.165) is 36.2 Å². The van der Waals surface area contributed by atoms with Crippen LogP contribution in [0.5, 0.6) is 0 Å². The molecule has 1 N–H and O–H groups in total. The maximum absolute atomic E-state index is 12.5. The largest absolute Gasteiger partial charge is 0.350 e. The first-order valence-electron chi connectivity index (χ1n) is 9.75. The van der Waals surface area contributed by atoms with E-state index < -0.39 is 0 Å². The zero-order valence-electron chi connectivity index (χ0n) is 16.8. The third-order valence-corrected chi connectivity index (χ3v) is 5.24. The van der Waals surface area contributed by atoms with E-state index in [1.807, 2.05) is 42.5 Å². The van der Waals surface area contributed by atoms with Crippen molar-refractivity contribution in [1.29, 1.82) is 0 Å². The molecular weight excluding hydrogens is 352 g/mol. The fourth-order valence-electron chi connectivity index (χ4n) is 3.48. The fraction of sp³-hybridized carbons (Fsp3) is 0.364. The Hall–Kier alpha value is -2.86. The van der Waals surface area contributed by atoms with Gasteiger partial charge in [0.2, 0.25) is 5.91 Å². The SMILES string of the molecule is CCN(CC)Cc1ccccc1CNC(=O)Cn1c(=O)n(C)c2ccccc21. The van der Waals surface area contributed by atoms with Crippen molar-refractivity contribution in [2.45, 2.75) is 33.5 Å². The number of nitrogens with zero attached hydrogens (tertiary/aromatic N) is 3.